The van der Waals surface area contributed by atoms with Gasteiger partial charge in [0.15, 0.2) is 0 Å². The van der Waals surface area contributed by atoms with E-state index in [2.05, 4.69) is 18.2 Å². The number of fused-ring (bicyclic) bond motifs is 1. The first-order valence-electron chi connectivity index (χ1n) is 7.36. The Morgan fingerprint density at radius 3 is 2.64 bits per heavy atom. The Bertz CT molecular complexity index is 785. The van der Waals surface area contributed by atoms with Gasteiger partial charge in [-0.15, -0.1) is 0 Å². The van der Waals surface area contributed by atoms with Crippen molar-refractivity contribution in [1.29, 1.82) is 0 Å². The summed E-state index contributed by atoms with van der Waals surface area (Å²) in [5, 5.41) is 3.14. The van der Waals surface area contributed by atoms with Crippen molar-refractivity contribution in [3.8, 4) is 5.75 Å². The van der Waals surface area contributed by atoms with E-state index in [4.69, 9.17) is 22.1 Å². The zero-order chi connectivity index (χ0) is 15.4. The number of hydrogen-bond donors (Lipinski definition) is 1. The quantitative estimate of drug-likeness (QED) is 0.749. The Morgan fingerprint density at radius 1 is 0.955 bits per heavy atom. The van der Waals surface area contributed by atoms with E-state index in [0.29, 0.717) is 13.2 Å². The molecule has 0 aliphatic carbocycles. The molecule has 22 heavy (non-hydrogen) atoms. The first kappa shape index (κ1) is 14.9. The van der Waals surface area contributed by atoms with Crippen LogP contribution in [0.2, 0.25) is 5.02 Å². The molecule has 0 spiro atoms. The van der Waals surface area contributed by atoms with Gasteiger partial charge in [-0.1, -0.05) is 54.1 Å². The second-order valence-corrected chi connectivity index (χ2v) is 5.66. The fraction of sp³-hybridized carbons (Fsp3) is 0.158. The lowest BCUT2D eigenvalue weighted by Gasteiger charge is -2.14. The summed E-state index contributed by atoms with van der Waals surface area (Å²) in [7, 11) is 0. The molecule has 0 fully saturated rings. The van der Waals surface area contributed by atoms with Gasteiger partial charge < -0.3 is 10.5 Å². The molecule has 0 atom stereocenters. The van der Waals surface area contributed by atoms with E-state index in [1.54, 1.807) is 0 Å². The fourth-order valence-electron chi connectivity index (χ4n) is 2.64. The van der Waals surface area contributed by atoms with Gasteiger partial charge in [0.1, 0.15) is 12.4 Å². The molecule has 0 saturated carbocycles. The summed E-state index contributed by atoms with van der Waals surface area (Å²) in [6, 6.07) is 20.2. The minimum Gasteiger partial charge on any atom is -0.489 e. The van der Waals surface area contributed by atoms with E-state index in [-0.39, 0.29) is 0 Å². The highest BCUT2D eigenvalue weighted by Crippen LogP contribution is 2.29. The largest absolute Gasteiger partial charge is 0.489 e. The summed E-state index contributed by atoms with van der Waals surface area (Å²) in [5.74, 6) is 0.893. The molecule has 0 saturated heterocycles. The van der Waals surface area contributed by atoms with Gasteiger partial charge in [-0.3, -0.25) is 0 Å². The van der Waals surface area contributed by atoms with E-state index < -0.39 is 0 Å². The molecule has 0 aliphatic heterocycles. The molecular formula is C19H18ClNO. The Balaban J connectivity index is 1.91. The summed E-state index contributed by atoms with van der Waals surface area (Å²) in [5.41, 5.74) is 8.00. The second kappa shape index (κ2) is 6.82. The van der Waals surface area contributed by atoms with Crippen molar-refractivity contribution in [3.63, 3.8) is 0 Å². The molecule has 3 aromatic rings. The SMILES string of the molecule is NCCc1c(OCc2cccc(Cl)c2)ccc2ccccc12. The van der Waals surface area contributed by atoms with Crippen LogP contribution in [0.3, 0.4) is 0 Å². The van der Waals surface area contributed by atoms with Crippen LogP contribution in [-0.2, 0) is 13.0 Å². The number of halogens is 1. The van der Waals surface area contributed by atoms with Crippen molar-refractivity contribution in [3.05, 3.63) is 76.8 Å². The van der Waals surface area contributed by atoms with E-state index in [0.717, 1.165) is 22.8 Å². The zero-order valence-corrected chi connectivity index (χ0v) is 13.0. The molecule has 112 valence electrons. The second-order valence-electron chi connectivity index (χ2n) is 5.22. The number of ether oxygens (including phenoxy) is 1. The molecule has 3 rings (SSSR count). The molecule has 0 amide bonds. The van der Waals surface area contributed by atoms with Crippen LogP contribution in [0.4, 0.5) is 0 Å². The van der Waals surface area contributed by atoms with Crippen molar-refractivity contribution < 1.29 is 4.74 Å². The van der Waals surface area contributed by atoms with Crippen LogP contribution in [0.25, 0.3) is 10.8 Å². The summed E-state index contributed by atoms with van der Waals surface area (Å²) < 4.78 is 6.02. The molecule has 0 radical (unpaired) electrons. The molecule has 0 aromatic heterocycles. The van der Waals surface area contributed by atoms with Gasteiger partial charge in [-0.2, -0.15) is 0 Å². The van der Waals surface area contributed by atoms with Crippen molar-refractivity contribution in [2.45, 2.75) is 13.0 Å². The van der Waals surface area contributed by atoms with Crippen LogP contribution in [0.1, 0.15) is 11.1 Å². The normalized spacial score (nSPS) is 10.8. The highest BCUT2D eigenvalue weighted by atomic mass is 35.5. The maximum Gasteiger partial charge on any atom is 0.123 e. The highest BCUT2D eigenvalue weighted by molar-refractivity contribution is 6.30. The number of benzene rings is 3. The van der Waals surface area contributed by atoms with Gasteiger partial charge in [0.25, 0.3) is 0 Å². The van der Waals surface area contributed by atoms with Crippen LogP contribution in [0.5, 0.6) is 5.75 Å². The number of nitrogens with two attached hydrogens (primary N) is 1. The molecule has 0 bridgehead atoms. The van der Waals surface area contributed by atoms with Gasteiger partial charge in [0.05, 0.1) is 0 Å². The number of rotatable bonds is 5. The smallest absolute Gasteiger partial charge is 0.123 e. The minimum atomic E-state index is 0.496. The van der Waals surface area contributed by atoms with Gasteiger partial charge >= 0.3 is 0 Å². The standard InChI is InChI=1S/C19H18ClNO/c20-16-6-3-4-14(12-16)13-22-19-9-8-15-5-1-2-7-17(15)18(19)10-11-21/h1-9,12H,10-11,13,21H2. The number of hydrogen-bond acceptors (Lipinski definition) is 2. The minimum absolute atomic E-state index is 0.496. The lowest BCUT2D eigenvalue weighted by atomic mass is 10.0. The first-order valence-corrected chi connectivity index (χ1v) is 7.73. The molecule has 0 aliphatic rings. The van der Waals surface area contributed by atoms with E-state index in [9.17, 15) is 0 Å². The van der Waals surface area contributed by atoms with Crippen molar-refractivity contribution >= 4 is 22.4 Å². The average Bonchev–Trinajstić information content (AvgIpc) is 2.54. The molecule has 2 N–H and O–H groups in total. The summed E-state index contributed by atoms with van der Waals surface area (Å²) in [4.78, 5) is 0. The highest BCUT2D eigenvalue weighted by Gasteiger charge is 2.08. The van der Waals surface area contributed by atoms with Crippen molar-refractivity contribution in [1.82, 2.24) is 0 Å². The topological polar surface area (TPSA) is 35.2 Å². The van der Waals surface area contributed by atoms with Crippen molar-refractivity contribution in [2.24, 2.45) is 5.73 Å². The van der Waals surface area contributed by atoms with Gasteiger partial charge in [-0.25, -0.2) is 0 Å². The van der Waals surface area contributed by atoms with E-state index in [1.165, 1.54) is 16.3 Å². The predicted molar refractivity (Wildman–Crippen MR) is 92.5 cm³/mol. The molecule has 0 unspecified atom stereocenters. The monoisotopic (exact) mass is 311 g/mol. The Hall–Kier alpha value is -2.03. The lowest BCUT2D eigenvalue weighted by Crippen LogP contribution is -2.06. The van der Waals surface area contributed by atoms with E-state index in [1.807, 2.05) is 42.5 Å². The average molecular weight is 312 g/mol. The Kier molecular flexibility index (Phi) is 4.62. The third-order valence-corrected chi connectivity index (χ3v) is 3.91. The fourth-order valence-corrected chi connectivity index (χ4v) is 2.85. The molecule has 3 heteroatoms. The summed E-state index contributed by atoms with van der Waals surface area (Å²) in [6.45, 7) is 1.10. The maximum absolute atomic E-state index is 6.02. The zero-order valence-electron chi connectivity index (χ0n) is 12.3. The van der Waals surface area contributed by atoms with Gasteiger partial charge in [0, 0.05) is 10.6 Å². The third kappa shape index (κ3) is 3.24. The maximum atomic E-state index is 6.02. The van der Waals surface area contributed by atoms with Crippen molar-refractivity contribution in [2.75, 3.05) is 6.54 Å². The third-order valence-electron chi connectivity index (χ3n) is 3.68. The predicted octanol–water partition coefficient (Wildman–Crippen LogP) is 4.57. The Morgan fingerprint density at radius 2 is 1.82 bits per heavy atom. The van der Waals surface area contributed by atoms with Crippen LogP contribution >= 0.6 is 11.6 Å². The van der Waals surface area contributed by atoms with E-state index >= 15 is 0 Å². The van der Waals surface area contributed by atoms with Crippen LogP contribution in [-0.4, -0.2) is 6.54 Å². The molecule has 0 heterocycles. The molecule has 3 aromatic carbocycles. The van der Waals surface area contributed by atoms with Crippen LogP contribution < -0.4 is 10.5 Å². The van der Waals surface area contributed by atoms with Crippen LogP contribution in [0, 0.1) is 0 Å². The lowest BCUT2D eigenvalue weighted by molar-refractivity contribution is 0.303. The first-order chi connectivity index (χ1) is 10.8. The molecule has 2 nitrogen and oxygen atoms in total. The van der Waals surface area contributed by atoms with Gasteiger partial charge in [0.2, 0.25) is 0 Å². The van der Waals surface area contributed by atoms with Gasteiger partial charge in [-0.05, 0) is 47.5 Å². The molecular weight excluding hydrogens is 294 g/mol. The summed E-state index contributed by atoms with van der Waals surface area (Å²) in [6.07, 6.45) is 0.798. The Labute approximate surface area is 135 Å². The summed E-state index contributed by atoms with van der Waals surface area (Å²) >= 11 is 6.01. The van der Waals surface area contributed by atoms with Crippen LogP contribution in [0.15, 0.2) is 60.7 Å².